The molecule has 0 saturated carbocycles. The molecule has 0 heterocycles. The van der Waals surface area contributed by atoms with E-state index in [1.165, 1.54) is 33.3 Å². The summed E-state index contributed by atoms with van der Waals surface area (Å²) in [5.74, 6) is -0.764. The third-order valence-electron chi connectivity index (χ3n) is 2.41. The first-order valence-electron chi connectivity index (χ1n) is 5.35. The fourth-order valence-electron chi connectivity index (χ4n) is 1.39. The predicted octanol–water partition coefficient (Wildman–Crippen LogP) is 1.67. The van der Waals surface area contributed by atoms with Crippen LogP contribution in [-0.2, 0) is 4.79 Å². The van der Waals surface area contributed by atoms with Gasteiger partial charge in [0.05, 0.1) is 18.7 Å². The standard InChI is InChI=1S/C12H14BrNO5/c1-6(12(16)17)14-11(15)7-4-8(13)10(19-3)9(5-7)18-2/h4-6H,1-3H3,(H,14,15)(H,16,17). The number of nitrogens with one attached hydrogen (secondary N) is 1. The lowest BCUT2D eigenvalue weighted by Gasteiger charge is -2.13. The molecule has 7 heteroatoms. The second-order valence-corrected chi connectivity index (χ2v) is 4.58. The molecule has 1 rings (SSSR count). The molecule has 1 aromatic carbocycles. The lowest BCUT2D eigenvalue weighted by Crippen LogP contribution is -2.38. The van der Waals surface area contributed by atoms with E-state index < -0.39 is 17.9 Å². The van der Waals surface area contributed by atoms with Crippen LogP contribution < -0.4 is 14.8 Å². The highest BCUT2D eigenvalue weighted by atomic mass is 79.9. The van der Waals surface area contributed by atoms with Crippen LogP contribution in [0.5, 0.6) is 11.5 Å². The SMILES string of the molecule is COc1cc(C(=O)NC(C)C(=O)O)cc(Br)c1OC. The Balaban J connectivity index is 3.05. The van der Waals surface area contributed by atoms with Gasteiger partial charge >= 0.3 is 5.97 Å². The van der Waals surface area contributed by atoms with Crippen LogP contribution in [0.3, 0.4) is 0 Å². The zero-order valence-electron chi connectivity index (χ0n) is 10.7. The number of carboxylic acids is 1. The molecule has 19 heavy (non-hydrogen) atoms. The molecule has 2 N–H and O–H groups in total. The Morgan fingerprint density at radius 3 is 2.42 bits per heavy atom. The van der Waals surface area contributed by atoms with E-state index in [4.69, 9.17) is 14.6 Å². The molecule has 1 aromatic rings. The molecular weight excluding hydrogens is 318 g/mol. The van der Waals surface area contributed by atoms with E-state index in [0.29, 0.717) is 16.0 Å². The number of carbonyl (C=O) groups excluding carboxylic acids is 1. The van der Waals surface area contributed by atoms with Crippen molar-refractivity contribution in [2.45, 2.75) is 13.0 Å². The van der Waals surface area contributed by atoms with Gasteiger partial charge in [-0.25, -0.2) is 0 Å². The molecule has 0 aliphatic carbocycles. The predicted molar refractivity (Wildman–Crippen MR) is 71.8 cm³/mol. The number of aliphatic carboxylic acids is 1. The third-order valence-corrected chi connectivity index (χ3v) is 3.00. The van der Waals surface area contributed by atoms with Crippen LogP contribution in [-0.4, -0.2) is 37.2 Å². The maximum absolute atomic E-state index is 11.9. The lowest BCUT2D eigenvalue weighted by molar-refractivity contribution is -0.138. The number of hydrogen-bond donors (Lipinski definition) is 2. The fraction of sp³-hybridized carbons (Fsp3) is 0.333. The molecular formula is C12H14BrNO5. The van der Waals surface area contributed by atoms with Crippen molar-refractivity contribution in [1.82, 2.24) is 5.32 Å². The summed E-state index contributed by atoms with van der Waals surface area (Å²) < 4.78 is 10.8. The summed E-state index contributed by atoms with van der Waals surface area (Å²) in [5, 5.41) is 11.1. The summed E-state index contributed by atoms with van der Waals surface area (Å²) in [5.41, 5.74) is 0.276. The van der Waals surface area contributed by atoms with Crippen LogP contribution in [0.25, 0.3) is 0 Å². The van der Waals surface area contributed by atoms with Gasteiger partial charge in [0, 0.05) is 5.56 Å². The Morgan fingerprint density at radius 2 is 1.95 bits per heavy atom. The van der Waals surface area contributed by atoms with Crippen molar-refractivity contribution >= 4 is 27.8 Å². The molecule has 1 amide bonds. The zero-order chi connectivity index (χ0) is 14.6. The average molecular weight is 332 g/mol. The quantitative estimate of drug-likeness (QED) is 0.857. The first kappa shape index (κ1) is 15.3. The smallest absolute Gasteiger partial charge is 0.325 e. The third kappa shape index (κ3) is 3.60. The Hall–Kier alpha value is -1.76. The van der Waals surface area contributed by atoms with Crippen molar-refractivity contribution in [2.24, 2.45) is 0 Å². The number of benzene rings is 1. The van der Waals surface area contributed by atoms with Gasteiger partial charge in [-0.3, -0.25) is 9.59 Å². The second kappa shape index (κ2) is 6.42. The van der Waals surface area contributed by atoms with Gasteiger partial charge in [-0.1, -0.05) is 0 Å². The fourth-order valence-corrected chi connectivity index (χ4v) is 1.99. The van der Waals surface area contributed by atoms with Crippen molar-refractivity contribution in [1.29, 1.82) is 0 Å². The van der Waals surface area contributed by atoms with Crippen LogP contribution >= 0.6 is 15.9 Å². The highest BCUT2D eigenvalue weighted by Crippen LogP contribution is 2.36. The van der Waals surface area contributed by atoms with Crippen molar-refractivity contribution in [3.05, 3.63) is 22.2 Å². The van der Waals surface area contributed by atoms with Crippen LogP contribution in [0.2, 0.25) is 0 Å². The number of methoxy groups -OCH3 is 2. The molecule has 1 atom stereocenters. The lowest BCUT2D eigenvalue weighted by atomic mass is 10.1. The molecule has 0 fully saturated rings. The maximum atomic E-state index is 11.9. The van der Waals surface area contributed by atoms with Crippen molar-refractivity contribution in [3.63, 3.8) is 0 Å². The molecule has 6 nitrogen and oxygen atoms in total. The number of ether oxygens (including phenoxy) is 2. The number of amides is 1. The van der Waals surface area contributed by atoms with E-state index in [-0.39, 0.29) is 5.56 Å². The Kier molecular flexibility index (Phi) is 5.17. The summed E-state index contributed by atoms with van der Waals surface area (Å²) in [6.07, 6.45) is 0. The zero-order valence-corrected chi connectivity index (χ0v) is 12.3. The first-order chi connectivity index (χ1) is 8.90. The Bertz CT molecular complexity index is 503. The highest BCUT2D eigenvalue weighted by molar-refractivity contribution is 9.10. The van der Waals surface area contributed by atoms with Crippen LogP contribution in [0, 0.1) is 0 Å². The van der Waals surface area contributed by atoms with E-state index in [0.717, 1.165) is 0 Å². The largest absolute Gasteiger partial charge is 0.493 e. The molecule has 0 saturated heterocycles. The molecule has 1 unspecified atom stereocenters. The minimum Gasteiger partial charge on any atom is -0.493 e. The molecule has 0 radical (unpaired) electrons. The highest BCUT2D eigenvalue weighted by Gasteiger charge is 2.18. The first-order valence-corrected chi connectivity index (χ1v) is 6.15. The van der Waals surface area contributed by atoms with Crippen molar-refractivity contribution in [3.8, 4) is 11.5 Å². The van der Waals surface area contributed by atoms with Crippen molar-refractivity contribution in [2.75, 3.05) is 14.2 Å². The summed E-state index contributed by atoms with van der Waals surface area (Å²) in [6, 6.07) is 2.04. The Morgan fingerprint density at radius 1 is 1.32 bits per heavy atom. The maximum Gasteiger partial charge on any atom is 0.325 e. The topological polar surface area (TPSA) is 84.9 Å². The van der Waals surface area contributed by atoms with Gasteiger partial charge in [-0.05, 0) is 35.0 Å². The van der Waals surface area contributed by atoms with E-state index in [2.05, 4.69) is 21.2 Å². The van der Waals surface area contributed by atoms with E-state index in [9.17, 15) is 9.59 Å². The molecule has 0 aliphatic rings. The Labute approximate surface area is 118 Å². The van der Waals surface area contributed by atoms with E-state index in [1.807, 2.05) is 0 Å². The average Bonchev–Trinajstić information content (AvgIpc) is 2.37. The van der Waals surface area contributed by atoms with Crippen LogP contribution in [0.4, 0.5) is 0 Å². The number of carbonyl (C=O) groups is 2. The molecule has 0 spiro atoms. The number of carboxylic acid groups (broad SMARTS) is 1. The monoisotopic (exact) mass is 331 g/mol. The summed E-state index contributed by atoms with van der Waals surface area (Å²) in [4.78, 5) is 22.6. The van der Waals surface area contributed by atoms with Crippen LogP contribution in [0.15, 0.2) is 16.6 Å². The molecule has 104 valence electrons. The van der Waals surface area contributed by atoms with Gasteiger partial charge in [0.1, 0.15) is 6.04 Å². The molecule has 0 bridgehead atoms. The summed E-state index contributed by atoms with van der Waals surface area (Å²) >= 11 is 3.26. The minimum absolute atomic E-state index is 0.276. The summed E-state index contributed by atoms with van der Waals surface area (Å²) in [6.45, 7) is 1.38. The van der Waals surface area contributed by atoms with Gasteiger partial charge < -0.3 is 19.9 Å². The summed E-state index contributed by atoms with van der Waals surface area (Å²) in [7, 11) is 2.93. The second-order valence-electron chi connectivity index (χ2n) is 3.73. The minimum atomic E-state index is -1.10. The van der Waals surface area contributed by atoms with Crippen molar-refractivity contribution < 1.29 is 24.2 Å². The van der Waals surface area contributed by atoms with Crippen LogP contribution in [0.1, 0.15) is 17.3 Å². The van der Waals surface area contributed by atoms with Gasteiger partial charge in [0.2, 0.25) is 0 Å². The van der Waals surface area contributed by atoms with Gasteiger partial charge in [-0.15, -0.1) is 0 Å². The van der Waals surface area contributed by atoms with Gasteiger partial charge in [0.25, 0.3) is 5.91 Å². The number of hydrogen-bond acceptors (Lipinski definition) is 4. The number of halogens is 1. The van der Waals surface area contributed by atoms with E-state index >= 15 is 0 Å². The molecule has 0 aliphatic heterocycles. The number of rotatable bonds is 5. The molecule has 0 aromatic heterocycles. The normalized spacial score (nSPS) is 11.6. The van der Waals surface area contributed by atoms with E-state index in [1.54, 1.807) is 0 Å². The van der Waals surface area contributed by atoms with Gasteiger partial charge in [0.15, 0.2) is 11.5 Å². The van der Waals surface area contributed by atoms with Gasteiger partial charge in [-0.2, -0.15) is 0 Å².